The molecule has 98 valence electrons. The molecule has 0 aliphatic heterocycles. The summed E-state index contributed by atoms with van der Waals surface area (Å²) >= 11 is 3.37. The van der Waals surface area contributed by atoms with Crippen molar-refractivity contribution in [2.75, 3.05) is 0 Å². The summed E-state index contributed by atoms with van der Waals surface area (Å²) in [5.74, 6) is 0. The zero-order valence-corrected chi connectivity index (χ0v) is 12.2. The molecule has 2 nitrogen and oxygen atoms in total. The van der Waals surface area contributed by atoms with Gasteiger partial charge in [-0.2, -0.15) is 0 Å². The number of aliphatic hydroxyl groups excluding tert-OH is 1. The molecule has 0 spiro atoms. The second-order valence-electron chi connectivity index (χ2n) is 5.07. The molecule has 1 unspecified atom stereocenters. The highest BCUT2D eigenvalue weighted by Gasteiger charge is 2.15. The molecular formula is C16H16BrNO. The van der Waals surface area contributed by atoms with E-state index in [-0.39, 0.29) is 0 Å². The Kier molecular flexibility index (Phi) is 3.67. The SMILES string of the molecule is OC(Cc1ccc(Br)cn1)c1ccc2c(c1)CCC2. The van der Waals surface area contributed by atoms with Crippen LogP contribution in [0.4, 0.5) is 0 Å². The maximum atomic E-state index is 10.3. The van der Waals surface area contributed by atoms with E-state index in [0.29, 0.717) is 6.42 Å². The van der Waals surface area contributed by atoms with Crippen LogP contribution in [0, 0.1) is 0 Å². The first kappa shape index (κ1) is 12.8. The second-order valence-corrected chi connectivity index (χ2v) is 5.99. The van der Waals surface area contributed by atoms with E-state index in [2.05, 4.69) is 33.0 Å². The molecule has 0 saturated heterocycles. The van der Waals surface area contributed by atoms with E-state index in [4.69, 9.17) is 0 Å². The van der Waals surface area contributed by atoms with Crippen molar-refractivity contribution < 1.29 is 5.11 Å². The van der Waals surface area contributed by atoms with E-state index in [0.717, 1.165) is 22.2 Å². The van der Waals surface area contributed by atoms with Gasteiger partial charge in [0.2, 0.25) is 0 Å². The maximum absolute atomic E-state index is 10.3. The van der Waals surface area contributed by atoms with Crippen molar-refractivity contribution in [1.82, 2.24) is 4.98 Å². The lowest BCUT2D eigenvalue weighted by atomic mass is 10.00. The standard InChI is InChI=1S/C16H16BrNO/c17-14-6-7-15(18-10-14)9-16(19)13-5-4-11-2-1-3-12(11)8-13/h4-8,10,16,19H,1-3,9H2. The number of hydrogen-bond acceptors (Lipinski definition) is 2. The molecule has 1 aromatic carbocycles. The van der Waals surface area contributed by atoms with E-state index >= 15 is 0 Å². The molecule has 1 atom stereocenters. The molecule has 0 radical (unpaired) electrons. The van der Waals surface area contributed by atoms with Gasteiger partial charge >= 0.3 is 0 Å². The Balaban J connectivity index is 1.76. The molecule has 1 N–H and O–H groups in total. The molecule has 0 saturated carbocycles. The molecule has 19 heavy (non-hydrogen) atoms. The zero-order chi connectivity index (χ0) is 13.2. The van der Waals surface area contributed by atoms with Crippen LogP contribution >= 0.6 is 15.9 Å². The predicted octanol–water partition coefficient (Wildman–Crippen LogP) is 3.61. The summed E-state index contributed by atoms with van der Waals surface area (Å²) in [7, 11) is 0. The monoisotopic (exact) mass is 317 g/mol. The van der Waals surface area contributed by atoms with Crippen LogP contribution in [0.25, 0.3) is 0 Å². The van der Waals surface area contributed by atoms with Gasteiger partial charge in [0.25, 0.3) is 0 Å². The van der Waals surface area contributed by atoms with E-state index in [9.17, 15) is 5.11 Å². The summed E-state index contributed by atoms with van der Waals surface area (Å²) in [6.45, 7) is 0. The van der Waals surface area contributed by atoms with Gasteiger partial charge in [-0.05, 0) is 64.0 Å². The highest BCUT2D eigenvalue weighted by Crippen LogP contribution is 2.26. The average Bonchev–Trinajstić information content (AvgIpc) is 2.88. The van der Waals surface area contributed by atoms with Crippen LogP contribution in [-0.2, 0) is 19.3 Å². The lowest BCUT2D eigenvalue weighted by Gasteiger charge is -2.12. The molecule has 1 aliphatic rings. The number of aliphatic hydroxyl groups is 1. The maximum Gasteiger partial charge on any atom is 0.0845 e. The smallest absolute Gasteiger partial charge is 0.0845 e. The number of aromatic nitrogens is 1. The summed E-state index contributed by atoms with van der Waals surface area (Å²) in [5, 5.41) is 10.3. The largest absolute Gasteiger partial charge is 0.388 e. The minimum atomic E-state index is -0.473. The molecule has 3 heteroatoms. The van der Waals surface area contributed by atoms with Gasteiger partial charge in [-0.15, -0.1) is 0 Å². The molecule has 1 heterocycles. The highest BCUT2D eigenvalue weighted by molar-refractivity contribution is 9.10. The quantitative estimate of drug-likeness (QED) is 0.938. The van der Waals surface area contributed by atoms with Crippen molar-refractivity contribution in [3.63, 3.8) is 0 Å². The van der Waals surface area contributed by atoms with E-state index in [1.165, 1.54) is 24.0 Å². The van der Waals surface area contributed by atoms with Gasteiger partial charge in [-0.25, -0.2) is 0 Å². The first-order valence-electron chi connectivity index (χ1n) is 6.62. The number of nitrogens with zero attached hydrogens (tertiary/aromatic N) is 1. The normalized spacial score (nSPS) is 15.3. The first-order valence-corrected chi connectivity index (χ1v) is 7.42. The number of hydrogen-bond donors (Lipinski definition) is 1. The second kappa shape index (κ2) is 5.43. The van der Waals surface area contributed by atoms with Gasteiger partial charge in [-0.3, -0.25) is 4.98 Å². The Morgan fingerprint density at radius 3 is 2.79 bits per heavy atom. The number of halogens is 1. The van der Waals surface area contributed by atoms with Gasteiger partial charge < -0.3 is 5.11 Å². The topological polar surface area (TPSA) is 33.1 Å². The van der Waals surface area contributed by atoms with Crippen LogP contribution < -0.4 is 0 Å². The Morgan fingerprint density at radius 1 is 1.16 bits per heavy atom. The molecule has 1 aliphatic carbocycles. The van der Waals surface area contributed by atoms with Gasteiger partial charge in [-0.1, -0.05) is 18.2 Å². The van der Waals surface area contributed by atoms with E-state index in [1.807, 2.05) is 18.2 Å². The minimum absolute atomic E-state index is 0.473. The Hall–Kier alpha value is -1.19. The highest BCUT2D eigenvalue weighted by atomic mass is 79.9. The number of aryl methyl sites for hydroxylation is 2. The molecule has 0 fully saturated rings. The Bertz CT molecular complexity index is 580. The Labute approximate surface area is 121 Å². The van der Waals surface area contributed by atoms with E-state index in [1.54, 1.807) is 6.20 Å². The minimum Gasteiger partial charge on any atom is -0.388 e. The fourth-order valence-electron chi connectivity index (χ4n) is 2.64. The first-order chi connectivity index (χ1) is 9.22. The lowest BCUT2D eigenvalue weighted by Crippen LogP contribution is -2.04. The summed E-state index contributed by atoms with van der Waals surface area (Å²) in [6, 6.07) is 10.3. The predicted molar refractivity (Wildman–Crippen MR) is 79.1 cm³/mol. The third-order valence-corrected chi connectivity index (χ3v) is 4.17. The van der Waals surface area contributed by atoms with Crippen LogP contribution in [-0.4, -0.2) is 10.1 Å². The van der Waals surface area contributed by atoms with Crippen molar-refractivity contribution in [2.45, 2.75) is 31.8 Å². The molecule has 3 rings (SSSR count). The van der Waals surface area contributed by atoms with Crippen LogP contribution in [0.5, 0.6) is 0 Å². The van der Waals surface area contributed by atoms with Crippen molar-refractivity contribution in [3.05, 3.63) is 63.4 Å². The molecule has 1 aromatic heterocycles. The average molecular weight is 318 g/mol. The Morgan fingerprint density at radius 2 is 2.00 bits per heavy atom. The van der Waals surface area contributed by atoms with Crippen LogP contribution in [0.15, 0.2) is 41.0 Å². The van der Waals surface area contributed by atoms with E-state index < -0.39 is 6.10 Å². The third-order valence-electron chi connectivity index (χ3n) is 3.70. The number of benzene rings is 1. The number of pyridine rings is 1. The number of rotatable bonds is 3. The van der Waals surface area contributed by atoms with Gasteiger partial charge in [0, 0.05) is 22.8 Å². The summed E-state index contributed by atoms with van der Waals surface area (Å²) in [6.07, 6.45) is 5.42. The zero-order valence-electron chi connectivity index (χ0n) is 10.6. The van der Waals surface area contributed by atoms with Gasteiger partial charge in [0.1, 0.15) is 0 Å². The van der Waals surface area contributed by atoms with Crippen LogP contribution in [0.2, 0.25) is 0 Å². The van der Waals surface area contributed by atoms with Crippen molar-refractivity contribution in [1.29, 1.82) is 0 Å². The summed E-state index contributed by atoms with van der Waals surface area (Å²) < 4.78 is 0.961. The van der Waals surface area contributed by atoms with Crippen LogP contribution in [0.3, 0.4) is 0 Å². The molecule has 0 bridgehead atoms. The van der Waals surface area contributed by atoms with Crippen LogP contribution in [0.1, 0.15) is 34.9 Å². The third kappa shape index (κ3) is 2.88. The van der Waals surface area contributed by atoms with Crippen molar-refractivity contribution in [3.8, 4) is 0 Å². The van der Waals surface area contributed by atoms with Gasteiger partial charge in [0.05, 0.1) is 6.10 Å². The lowest BCUT2D eigenvalue weighted by molar-refractivity contribution is 0.177. The summed E-state index contributed by atoms with van der Waals surface area (Å²) in [5.41, 5.74) is 4.76. The fourth-order valence-corrected chi connectivity index (χ4v) is 2.88. The fraction of sp³-hybridized carbons (Fsp3) is 0.312. The molecule has 2 aromatic rings. The van der Waals surface area contributed by atoms with Crippen molar-refractivity contribution >= 4 is 15.9 Å². The molecular weight excluding hydrogens is 302 g/mol. The molecule has 0 amide bonds. The van der Waals surface area contributed by atoms with Crippen molar-refractivity contribution in [2.24, 2.45) is 0 Å². The summed E-state index contributed by atoms with van der Waals surface area (Å²) in [4.78, 5) is 4.31. The number of fused-ring (bicyclic) bond motifs is 1. The van der Waals surface area contributed by atoms with Gasteiger partial charge in [0.15, 0.2) is 0 Å².